The summed E-state index contributed by atoms with van der Waals surface area (Å²) in [6.45, 7) is 1.67. The van der Waals surface area contributed by atoms with E-state index in [-0.39, 0.29) is 18.1 Å². The SMILES string of the molecule is CCc1cnn(-c2ccc(-c3cn(-c4cccc(N)c4)nn3)cc2)c1C(F)(F)F.O=C=O. The van der Waals surface area contributed by atoms with Crippen molar-refractivity contribution >= 4 is 11.8 Å². The van der Waals surface area contributed by atoms with E-state index in [0.29, 0.717) is 17.1 Å². The van der Waals surface area contributed by atoms with Gasteiger partial charge in [-0.25, -0.2) is 9.36 Å². The first kappa shape index (κ1) is 22.4. The van der Waals surface area contributed by atoms with Crippen molar-refractivity contribution < 1.29 is 22.8 Å². The van der Waals surface area contributed by atoms with Gasteiger partial charge in [-0.15, -0.1) is 5.10 Å². The Morgan fingerprint density at radius 3 is 2.34 bits per heavy atom. The Hall–Kier alpha value is -4.24. The van der Waals surface area contributed by atoms with E-state index in [9.17, 15) is 13.2 Å². The monoisotopic (exact) mass is 442 g/mol. The summed E-state index contributed by atoms with van der Waals surface area (Å²) in [6, 6.07) is 13.7. The molecular weight excluding hydrogens is 425 g/mol. The van der Waals surface area contributed by atoms with Gasteiger partial charge in [-0.05, 0) is 36.8 Å². The van der Waals surface area contributed by atoms with Crippen LogP contribution in [0.3, 0.4) is 0 Å². The molecule has 0 saturated heterocycles. The molecule has 0 spiro atoms. The van der Waals surface area contributed by atoms with E-state index in [0.717, 1.165) is 15.9 Å². The molecule has 0 atom stereocenters. The van der Waals surface area contributed by atoms with E-state index in [1.807, 2.05) is 12.1 Å². The van der Waals surface area contributed by atoms with E-state index in [2.05, 4.69) is 15.4 Å². The molecule has 0 bridgehead atoms. The van der Waals surface area contributed by atoms with E-state index in [4.69, 9.17) is 15.3 Å². The third kappa shape index (κ3) is 4.73. The van der Waals surface area contributed by atoms with Crippen LogP contribution in [0, 0.1) is 0 Å². The first-order valence-electron chi connectivity index (χ1n) is 9.31. The van der Waals surface area contributed by atoms with Gasteiger partial charge in [0.2, 0.25) is 0 Å². The molecule has 2 N–H and O–H groups in total. The molecule has 11 heteroatoms. The largest absolute Gasteiger partial charge is 0.433 e. The van der Waals surface area contributed by atoms with Crippen molar-refractivity contribution in [3.05, 3.63) is 72.2 Å². The van der Waals surface area contributed by atoms with Crippen molar-refractivity contribution in [2.45, 2.75) is 19.5 Å². The number of rotatable bonds is 4. The van der Waals surface area contributed by atoms with Gasteiger partial charge in [-0.1, -0.05) is 30.3 Å². The lowest BCUT2D eigenvalue weighted by Crippen LogP contribution is -2.15. The van der Waals surface area contributed by atoms with Gasteiger partial charge >= 0.3 is 12.3 Å². The summed E-state index contributed by atoms with van der Waals surface area (Å²) in [5.41, 5.74) is 8.20. The van der Waals surface area contributed by atoms with Gasteiger partial charge in [-0.2, -0.15) is 27.9 Å². The van der Waals surface area contributed by atoms with Crippen LogP contribution in [0.2, 0.25) is 0 Å². The Balaban J connectivity index is 0.000000913. The second-order valence-electron chi connectivity index (χ2n) is 6.56. The highest BCUT2D eigenvalue weighted by atomic mass is 19.4. The Bertz CT molecular complexity index is 1240. The molecule has 4 rings (SSSR count). The van der Waals surface area contributed by atoms with Crippen molar-refractivity contribution in [1.82, 2.24) is 24.8 Å². The van der Waals surface area contributed by atoms with E-state index >= 15 is 0 Å². The number of nitrogen functional groups attached to an aromatic ring is 1. The van der Waals surface area contributed by atoms with Gasteiger partial charge in [0.05, 0.1) is 23.8 Å². The average Bonchev–Trinajstić information content (AvgIpc) is 3.42. The minimum Gasteiger partial charge on any atom is -0.399 e. The zero-order valence-corrected chi connectivity index (χ0v) is 16.7. The van der Waals surface area contributed by atoms with E-state index < -0.39 is 11.9 Å². The van der Waals surface area contributed by atoms with Crippen LogP contribution in [-0.2, 0) is 22.2 Å². The molecule has 0 aliphatic heterocycles. The topological polar surface area (TPSA) is 109 Å². The Morgan fingerprint density at radius 2 is 1.75 bits per heavy atom. The molecule has 164 valence electrons. The Labute approximate surface area is 180 Å². The van der Waals surface area contributed by atoms with Crippen molar-refractivity contribution in [3.63, 3.8) is 0 Å². The first-order valence-corrected chi connectivity index (χ1v) is 9.31. The fourth-order valence-electron chi connectivity index (χ4n) is 3.10. The second-order valence-corrected chi connectivity index (χ2v) is 6.56. The summed E-state index contributed by atoms with van der Waals surface area (Å²) in [5, 5.41) is 12.2. The molecule has 32 heavy (non-hydrogen) atoms. The molecule has 8 nitrogen and oxygen atoms in total. The van der Waals surface area contributed by atoms with E-state index in [1.165, 1.54) is 6.20 Å². The van der Waals surface area contributed by atoms with Crippen LogP contribution in [0.1, 0.15) is 18.2 Å². The zero-order valence-electron chi connectivity index (χ0n) is 16.7. The third-order valence-corrected chi connectivity index (χ3v) is 4.53. The molecule has 2 aromatic heterocycles. The maximum absolute atomic E-state index is 13.5. The molecule has 0 aliphatic carbocycles. The van der Waals surface area contributed by atoms with Crippen LogP contribution >= 0.6 is 0 Å². The average molecular weight is 442 g/mol. The summed E-state index contributed by atoms with van der Waals surface area (Å²) >= 11 is 0. The zero-order chi connectivity index (χ0) is 23.3. The highest BCUT2D eigenvalue weighted by Crippen LogP contribution is 2.34. The lowest BCUT2D eigenvalue weighted by Gasteiger charge is -2.12. The standard InChI is InChI=1S/C20H17F3N6.CO2/c1-2-13-11-25-29(19(13)20(21,22)23)16-8-6-14(7-9-16)18-12-28(27-26-18)17-5-3-4-15(24)10-17;2-1-3/h3-12H,2,24H2,1H3;. The molecule has 0 saturated carbocycles. The number of carbonyl (C=O) groups excluding carboxylic acids is 2. The van der Waals surface area contributed by atoms with Gasteiger partial charge in [0.15, 0.2) is 5.69 Å². The normalized spacial score (nSPS) is 10.9. The van der Waals surface area contributed by atoms with Gasteiger partial charge in [0.1, 0.15) is 5.69 Å². The highest BCUT2D eigenvalue weighted by Gasteiger charge is 2.38. The lowest BCUT2D eigenvalue weighted by atomic mass is 10.1. The highest BCUT2D eigenvalue weighted by molar-refractivity contribution is 5.60. The van der Waals surface area contributed by atoms with E-state index in [1.54, 1.807) is 54.2 Å². The summed E-state index contributed by atoms with van der Waals surface area (Å²) in [7, 11) is 0. The minimum atomic E-state index is -4.49. The van der Waals surface area contributed by atoms with Gasteiger partial charge in [0, 0.05) is 16.8 Å². The van der Waals surface area contributed by atoms with Gasteiger partial charge in [-0.3, -0.25) is 0 Å². The third-order valence-electron chi connectivity index (χ3n) is 4.53. The van der Waals surface area contributed by atoms with Crippen molar-refractivity contribution in [1.29, 1.82) is 0 Å². The van der Waals surface area contributed by atoms with Crippen LogP contribution in [-0.4, -0.2) is 30.9 Å². The quantitative estimate of drug-likeness (QED) is 0.483. The molecule has 0 amide bonds. The number of hydrogen-bond acceptors (Lipinski definition) is 6. The fraction of sp³-hybridized carbons (Fsp3) is 0.143. The molecule has 4 aromatic rings. The molecule has 0 radical (unpaired) electrons. The number of alkyl halides is 3. The lowest BCUT2D eigenvalue weighted by molar-refractivity contribution is -0.191. The van der Waals surface area contributed by atoms with Crippen LogP contribution in [0.4, 0.5) is 18.9 Å². The number of hydrogen-bond donors (Lipinski definition) is 1. The molecule has 0 aliphatic rings. The number of aromatic nitrogens is 5. The number of aryl methyl sites for hydroxylation is 1. The maximum Gasteiger partial charge on any atom is 0.433 e. The van der Waals surface area contributed by atoms with Crippen LogP contribution in [0.5, 0.6) is 0 Å². The molecule has 0 fully saturated rings. The molecule has 0 unspecified atom stereocenters. The first-order chi connectivity index (χ1) is 15.3. The fourth-order valence-corrected chi connectivity index (χ4v) is 3.10. The summed E-state index contributed by atoms with van der Waals surface area (Å²) in [4.78, 5) is 16.2. The Morgan fingerprint density at radius 1 is 1.06 bits per heavy atom. The maximum atomic E-state index is 13.5. The summed E-state index contributed by atoms with van der Waals surface area (Å²) in [6.07, 6.45) is -0.997. The van der Waals surface area contributed by atoms with Crippen molar-refractivity contribution in [2.75, 3.05) is 5.73 Å². The summed E-state index contributed by atoms with van der Waals surface area (Å²) in [5.74, 6) is 0. The number of nitrogens with zero attached hydrogens (tertiary/aromatic N) is 5. The van der Waals surface area contributed by atoms with Gasteiger partial charge in [0.25, 0.3) is 0 Å². The van der Waals surface area contributed by atoms with Gasteiger partial charge < -0.3 is 5.73 Å². The number of anilines is 1. The smallest absolute Gasteiger partial charge is 0.399 e. The minimum absolute atomic E-state index is 0.159. The predicted octanol–water partition coefficient (Wildman–Crippen LogP) is 3.70. The van der Waals surface area contributed by atoms with Crippen molar-refractivity contribution in [2.24, 2.45) is 0 Å². The molecular formula is C21H17F3N6O2. The number of benzene rings is 2. The Kier molecular flexibility index (Phi) is 6.50. The number of halogens is 3. The number of nitrogens with two attached hydrogens (primary N) is 1. The van der Waals surface area contributed by atoms with Crippen LogP contribution in [0.15, 0.2) is 60.9 Å². The van der Waals surface area contributed by atoms with Crippen molar-refractivity contribution in [3.8, 4) is 22.6 Å². The van der Waals surface area contributed by atoms with Crippen LogP contribution in [0.25, 0.3) is 22.6 Å². The predicted molar refractivity (Wildman–Crippen MR) is 108 cm³/mol. The van der Waals surface area contributed by atoms with Crippen LogP contribution < -0.4 is 5.73 Å². The summed E-state index contributed by atoms with van der Waals surface area (Å²) < 4.78 is 42.9. The molecule has 2 heterocycles. The second kappa shape index (κ2) is 9.27. The molecule has 2 aromatic carbocycles.